The maximum Gasteiger partial charge on any atom is 0.276 e. The van der Waals surface area contributed by atoms with E-state index in [4.69, 9.17) is 21.1 Å². The monoisotopic (exact) mass is 394 g/mol. The number of hydrazone groups is 1. The van der Waals surface area contributed by atoms with E-state index in [1.165, 1.54) is 6.21 Å². The average Bonchev–Trinajstić information content (AvgIpc) is 3.02. The minimum absolute atomic E-state index is 0.131. The summed E-state index contributed by atoms with van der Waals surface area (Å²) >= 11 is 6.13. The van der Waals surface area contributed by atoms with Crippen LogP contribution in [0.25, 0.3) is 0 Å². The third-order valence-electron chi connectivity index (χ3n) is 3.75. The lowest BCUT2D eigenvalue weighted by Gasteiger charge is -2.07. The van der Waals surface area contributed by atoms with Crippen molar-refractivity contribution in [3.63, 3.8) is 0 Å². The van der Waals surface area contributed by atoms with Crippen molar-refractivity contribution in [2.24, 2.45) is 11.0 Å². The molecule has 0 fully saturated rings. The van der Waals surface area contributed by atoms with Crippen LogP contribution in [0.2, 0.25) is 5.02 Å². The number of benzene rings is 2. The Kier molecular flexibility index (Phi) is 5.38. The first-order valence-electron chi connectivity index (χ1n) is 8.08. The van der Waals surface area contributed by atoms with E-state index in [2.05, 4.69) is 23.8 Å². The number of fused-ring (bicyclic) bond motifs is 1. The molecular formula is C18H19ClN2O4S. The molecule has 0 amide bonds. The second kappa shape index (κ2) is 7.55. The van der Waals surface area contributed by atoms with E-state index in [1.807, 2.05) is 12.1 Å². The van der Waals surface area contributed by atoms with Gasteiger partial charge in [-0.2, -0.15) is 13.5 Å². The normalized spacial score (nSPS) is 13.5. The van der Waals surface area contributed by atoms with Crippen molar-refractivity contribution in [3.8, 4) is 11.5 Å². The van der Waals surface area contributed by atoms with Crippen molar-refractivity contribution in [2.45, 2.75) is 25.2 Å². The molecule has 0 aliphatic carbocycles. The van der Waals surface area contributed by atoms with Crippen molar-refractivity contribution in [3.05, 3.63) is 52.5 Å². The maximum atomic E-state index is 12.3. The second-order valence-electron chi connectivity index (χ2n) is 6.32. The molecule has 3 rings (SSSR count). The van der Waals surface area contributed by atoms with E-state index >= 15 is 0 Å². The Morgan fingerprint density at radius 2 is 1.85 bits per heavy atom. The largest absolute Gasteiger partial charge is 0.454 e. The summed E-state index contributed by atoms with van der Waals surface area (Å²) in [6.45, 7) is 4.36. The number of sulfonamides is 1. The van der Waals surface area contributed by atoms with Crippen LogP contribution in [0, 0.1) is 5.92 Å². The molecule has 26 heavy (non-hydrogen) atoms. The molecule has 6 nitrogen and oxygen atoms in total. The number of nitrogens with one attached hydrogen (secondary N) is 1. The Morgan fingerprint density at radius 3 is 2.50 bits per heavy atom. The van der Waals surface area contributed by atoms with E-state index in [0.29, 0.717) is 28.0 Å². The Hall–Kier alpha value is -2.25. The minimum atomic E-state index is -3.75. The Labute approximate surface area is 157 Å². The minimum Gasteiger partial charge on any atom is -0.454 e. The van der Waals surface area contributed by atoms with Crippen LogP contribution in [0.15, 0.2) is 46.4 Å². The molecule has 2 aromatic carbocycles. The van der Waals surface area contributed by atoms with Gasteiger partial charge in [0.15, 0.2) is 11.5 Å². The highest BCUT2D eigenvalue weighted by Crippen LogP contribution is 2.36. The topological polar surface area (TPSA) is 77.0 Å². The predicted molar refractivity (Wildman–Crippen MR) is 100 cm³/mol. The first kappa shape index (κ1) is 18.5. The summed E-state index contributed by atoms with van der Waals surface area (Å²) in [6, 6.07) is 10.0. The molecule has 1 aliphatic heterocycles. The summed E-state index contributed by atoms with van der Waals surface area (Å²) in [4.78, 5) is 2.34. The lowest BCUT2D eigenvalue weighted by Crippen LogP contribution is -2.18. The number of hydrogen-bond acceptors (Lipinski definition) is 5. The summed E-state index contributed by atoms with van der Waals surface area (Å²) < 4.78 is 35.1. The molecule has 138 valence electrons. The molecule has 0 saturated heterocycles. The number of nitrogens with zero attached hydrogens (tertiary/aromatic N) is 1. The molecule has 0 atom stereocenters. The van der Waals surface area contributed by atoms with Gasteiger partial charge in [0.2, 0.25) is 6.79 Å². The first-order chi connectivity index (χ1) is 12.3. The van der Waals surface area contributed by atoms with Crippen LogP contribution in [0.5, 0.6) is 11.5 Å². The van der Waals surface area contributed by atoms with Gasteiger partial charge in [-0.15, -0.1) is 0 Å². The summed E-state index contributed by atoms with van der Waals surface area (Å²) in [6.07, 6.45) is 2.23. The van der Waals surface area contributed by atoms with Crippen LogP contribution in [-0.4, -0.2) is 21.4 Å². The van der Waals surface area contributed by atoms with Crippen LogP contribution < -0.4 is 14.3 Å². The van der Waals surface area contributed by atoms with E-state index < -0.39 is 10.0 Å². The highest BCUT2D eigenvalue weighted by molar-refractivity contribution is 7.89. The van der Waals surface area contributed by atoms with Gasteiger partial charge in [-0.25, -0.2) is 4.83 Å². The molecular weight excluding hydrogens is 376 g/mol. The molecule has 0 aromatic heterocycles. The van der Waals surface area contributed by atoms with Gasteiger partial charge >= 0.3 is 0 Å². The average molecular weight is 395 g/mol. The van der Waals surface area contributed by atoms with Crippen LogP contribution in [0.3, 0.4) is 0 Å². The quantitative estimate of drug-likeness (QED) is 0.600. The van der Waals surface area contributed by atoms with Gasteiger partial charge in [-0.3, -0.25) is 0 Å². The molecule has 1 heterocycles. The molecule has 0 spiro atoms. The molecule has 0 saturated carbocycles. The zero-order chi connectivity index (χ0) is 18.7. The Bertz CT molecular complexity index is 925. The molecule has 2 aromatic rings. The van der Waals surface area contributed by atoms with Gasteiger partial charge in [0.05, 0.1) is 16.1 Å². The molecule has 0 radical (unpaired) electrons. The van der Waals surface area contributed by atoms with Gasteiger partial charge in [-0.05, 0) is 36.1 Å². The van der Waals surface area contributed by atoms with Crippen LogP contribution in [0.4, 0.5) is 0 Å². The van der Waals surface area contributed by atoms with Gasteiger partial charge in [-0.1, -0.05) is 37.6 Å². The van der Waals surface area contributed by atoms with E-state index in [0.717, 1.165) is 12.0 Å². The Balaban J connectivity index is 1.71. The summed E-state index contributed by atoms with van der Waals surface area (Å²) in [5, 5.41) is 4.19. The number of halogens is 1. The molecule has 1 N–H and O–H groups in total. The highest BCUT2D eigenvalue weighted by Gasteiger charge is 2.16. The molecule has 0 unspecified atom stereocenters. The molecule has 8 heteroatoms. The van der Waals surface area contributed by atoms with Crippen molar-refractivity contribution in [1.82, 2.24) is 4.83 Å². The van der Waals surface area contributed by atoms with E-state index in [9.17, 15) is 8.42 Å². The lowest BCUT2D eigenvalue weighted by molar-refractivity contribution is 0.174. The van der Waals surface area contributed by atoms with Gasteiger partial charge in [0.1, 0.15) is 0 Å². The van der Waals surface area contributed by atoms with E-state index in [-0.39, 0.29) is 11.7 Å². The Morgan fingerprint density at radius 1 is 1.19 bits per heavy atom. The number of hydrogen-bond donors (Lipinski definition) is 1. The molecule has 1 aliphatic rings. The fourth-order valence-electron chi connectivity index (χ4n) is 2.53. The fourth-order valence-corrected chi connectivity index (χ4v) is 3.52. The SMILES string of the molecule is CC(C)Cc1ccc(S(=O)(=O)NN=Cc2cc3c(cc2Cl)OCO3)cc1. The van der Waals surface area contributed by atoms with Crippen LogP contribution in [-0.2, 0) is 16.4 Å². The third kappa shape index (κ3) is 4.28. The lowest BCUT2D eigenvalue weighted by atomic mass is 10.0. The fraction of sp³-hybridized carbons (Fsp3) is 0.278. The van der Waals surface area contributed by atoms with Crippen molar-refractivity contribution < 1.29 is 17.9 Å². The first-order valence-corrected chi connectivity index (χ1v) is 9.94. The molecule has 0 bridgehead atoms. The van der Waals surface area contributed by atoms with Crippen molar-refractivity contribution in [2.75, 3.05) is 6.79 Å². The second-order valence-corrected chi connectivity index (χ2v) is 8.39. The zero-order valence-corrected chi connectivity index (χ0v) is 16.0. The number of rotatable bonds is 6. The standard InChI is InChI=1S/C18H19ClN2O4S/c1-12(2)7-13-3-5-15(6-4-13)26(22,23)21-20-10-14-8-17-18(9-16(14)19)25-11-24-17/h3-6,8-10,12,21H,7,11H2,1-2H3. The van der Waals surface area contributed by atoms with Gasteiger partial charge in [0.25, 0.3) is 10.0 Å². The highest BCUT2D eigenvalue weighted by atomic mass is 35.5. The summed E-state index contributed by atoms with van der Waals surface area (Å²) in [7, 11) is -3.75. The summed E-state index contributed by atoms with van der Waals surface area (Å²) in [5.41, 5.74) is 1.61. The van der Waals surface area contributed by atoms with Crippen LogP contribution in [0.1, 0.15) is 25.0 Å². The van der Waals surface area contributed by atoms with Crippen molar-refractivity contribution in [1.29, 1.82) is 0 Å². The van der Waals surface area contributed by atoms with Crippen molar-refractivity contribution >= 4 is 27.8 Å². The van der Waals surface area contributed by atoms with E-state index in [1.54, 1.807) is 24.3 Å². The predicted octanol–water partition coefficient (Wildman–Crippen LogP) is 3.58. The maximum absolute atomic E-state index is 12.3. The smallest absolute Gasteiger partial charge is 0.276 e. The van der Waals surface area contributed by atoms with Crippen LogP contribution >= 0.6 is 11.6 Å². The van der Waals surface area contributed by atoms with Gasteiger partial charge in [0, 0.05) is 11.6 Å². The zero-order valence-electron chi connectivity index (χ0n) is 14.4. The third-order valence-corrected chi connectivity index (χ3v) is 5.31. The van der Waals surface area contributed by atoms with Gasteiger partial charge < -0.3 is 9.47 Å². The number of ether oxygens (including phenoxy) is 2. The summed E-state index contributed by atoms with van der Waals surface area (Å²) in [5.74, 6) is 1.60.